The first-order valence-corrected chi connectivity index (χ1v) is 5.91. The highest BCUT2D eigenvalue weighted by Gasteiger charge is 2.00. The van der Waals surface area contributed by atoms with Gasteiger partial charge in [0.2, 0.25) is 0 Å². The van der Waals surface area contributed by atoms with E-state index in [-0.39, 0.29) is 0 Å². The van der Waals surface area contributed by atoms with Crippen molar-refractivity contribution in [2.24, 2.45) is 0 Å². The van der Waals surface area contributed by atoms with Crippen molar-refractivity contribution in [3.63, 3.8) is 0 Å². The van der Waals surface area contributed by atoms with Gasteiger partial charge in [0.05, 0.1) is 19.3 Å². The molecule has 0 aromatic heterocycles. The molecular weight excluding hydrogens is 176 g/mol. The van der Waals surface area contributed by atoms with Gasteiger partial charge in [0, 0.05) is 7.11 Å². The van der Waals surface area contributed by atoms with E-state index in [9.17, 15) is 0 Å². The van der Waals surface area contributed by atoms with Crippen LogP contribution in [-0.2, 0) is 9.47 Å². The van der Waals surface area contributed by atoms with Gasteiger partial charge in [-0.25, -0.2) is 0 Å². The maximum absolute atomic E-state index is 5.56. The summed E-state index contributed by atoms with van der Waals surface area (Å²) in [5, 5.41) is 0. The lowest BCUT2D eigenvalue weighted by molar-refractivity contribution is 0.0214. The van der Waals surface area contributed by atoms with Gasteiger partial charge < -0.3 is 9.47 Å². The topological polar surface area (TPSA) is 18.5 Å². The molecule has 0 aliphatic rings. The van der Waals surface area contributed by atoms with Gasteiger partial charge in [-0.15, -0.1) is 0 Å². The number of methoxy groups -OCH3 is 1. The van der Waals surface area contributed by atoms with Gasteiger partial charge in [-0.1, -0.05) is 39.0 Å². The third kappa shape index (κ3) is 10.0. The van der Waals surface area contributed by atoms with Crippen LogP contribution in [0.25, 0.3) is 0 Å². The summed E-state index contributed by atoms with van der Waals surface area (Å²) in [5.41, 5.74) is 0. The quantitative estimate of drug-likeness (QED) is 0.505. The first kappa shape index (κ1) is 13.9. The highest BCUT2D eigenvalue weighted by molar-refractivity contribution is 4.51. The van der Waals surface area contributed by atoms with Gasteiger partial charge in [-0.05, 0) is 13.3 Å². The van der Waals surface area contributed by atoms with Crippen molar-refractivity contribution in [2.75, 3.05) is 20.3 Å². The van der Waals surface area contributed by atoms with Gasteiger partial charge >= 0.3 is 0 Å². The van der Waals surface area contributed by atoms with Crippen LogP contribution in [0.2, 0.25) is 0 Å². The fourth-order valence-corrected chi connectivity index (χ4v) is 1.45. The molecule has 1 unspecified atom stereocenters. The summed E-state index contributed by atoms with van der Waals surface area (Å²) in [4.78, 5) is 0. The van der Waals surface area contributed by atoms with Crippen LogP contribution in [0.3, 0.4) is 0 Å². The molecule has 0 saturated heterocycles. The van der Waals surface area contributed by atoms with E-state index in [0.29, 0.717) is 12.7 Å². The summed E-state index contributed by atoms with van der Waals surface area (Å²) in [7, 11) is 1.71. The van der Waals surface area contributed by atoms with E-state index in [2.05, 4.69) is 13.8 Å². The summed E-state index contributed by atoms with van der Waals surface area (Å²) in [6.07, 6.45) is 8.31. The van der Waals surface area contributed by atoms with Crippen LogP contribution in [0.4, 0.5) is 0 Å². The molecule has 0 aromatic rings. The fourth-order valence-electron chi connectivity index (χ4n) is 1.45. The molecule has 0 aliphatic heterocycles. The van der Waals surface area contributed by atoms with E-state index >= 15 is 0 Å². The van der Waals surface area contributed by atoms with Crippen LogP contribution in [0.1, 0.15) is 52.4 Å². The largest absolute Gasteiger partial charge is 0.382 e. The second-order valence-corrected chi connectivity index (χ2v) is 3.88. The van der Waals surface area contributed by atoms with Gasteiger partial charge in [0.25, 0.3) is 0 Å². The molecule has 0 amide bonds. The van der Waals surface area contributed by atoms with Crippen LogP contribution in [0.15, 0.2) is 0 Å². The zero-order chi connectivity index (χ0) is 10.6. The van der Waals surface area contributed by atoms with Gasteiger partial charge in [-0.2, -0.15) is 0 Å². The zero-order valence-electron chi connectivity index (χ0n) is 10.1. The fraction of sp³-hybridized carbons (Fsp3) is 1.00. The highest BCUT2D eigenvalue weighted by Crippen LogP contribution is 2.08. The second kappa shape index (κ2) is 11.0. The van der Waals surface area contributed by atoms with Crippen molar-refractivity contribution in [1.82, 2.24) is 0 Å². The maximum Gasteiger partial charge on any atom is 0.0703 e. The van der Waals surface area contributed by atoms with Crippen LogP contribution < -0.4 is 0 Å². The van der Waals surface area contributed by atoms with Crippen molar-refractivity contribution in [1.29, 1.82) is 0 Å². The minimum Gasteiger partial charge on any atom is -0.382 e. The summed E-state index contributed by atoms with van der Waals surface area (Å²) in [6, 6.07) is 0. The minimum atomic E-state index is 0.395. The van der Waals surface area contributed by atoms with Crippen molar-refractivity contribution < 1.29 is 9.47 Å². The molecular formula is C12H26O2. The molecule has 0 aliphatic carbocycles. The van der Waals surface area contributed by atoms with Crippen LogP contribution in [0.5, 0.6) is 0 Å². The third-order valence-corrected chi connectivity index (χ3v) is 2.40. The first-order chi connectivity index (χ1) is 6.81. The molecule has 14 heavy (non-hydrogen) atoms. The van der Waals surface area contributed by atoms with E-state index < -0.39 is 0 Å². The lowest BCUT2D eigenvalue weighted by Crippen LogP contribution is -2.12. The van der Waals surface area contributed by atoms with Gasteiger partial charge in [-0.3, -0.25) is 0 Å². The Labute approximate surface area is 89.0 Å². The van der Waals surface area contributed by atoms with Crippen molar-refractivity contribution in [3.05, 3.63) is 0 Å². The van der Waals surface area contributed by atoms with Crippen molar-refractivity contribution in [3.8, 4) is 0 Å². The normalized spacial score (nSPS) is 13.1. The Morgan fingerprint density at radius 2 is 1.71 bits per heavy atom. The van der Waals surface area contributed by atoms with Gasteiger partial charge in [0.1, 0.15) is 0 Å². The summed E-state index contributed by atoms with van der Waals surface area (Å²) < 4.78 is 10.5. The highest BCUT2D eigenvalue weighted by atomic mass is 16.5. The summed E-state index contributed by atoms with van der Waals surface area (Å²) in [5.74, 6) is 0. The van der Waals surface area contributed by atoms with Crippen LogP contribution in [-0.4, -0.2) is 26.4 Å². The molecule has 0 radical (unpaired) electrons. The van der Waals surface area contributed by atoms with Crippen molar-refractivity contribution >= 4 is 0 Å². The average molecular weight is 202 g/mol. The Morgan fingerprint density at radius 1 is 1.00 bits per heavy atom. The molecule has 0 fully saturated rings. The molecule has 2 heteroatoms. The molecule has 0 N–H and O–H groups in total. The molecule has 0 saturated carbocycles. The molecule has 2 nitrogen and oxygen atoms in total. The number of hydrogen-bond donors (Lipinski definition) is 0. The molecule has 0 heterocycles. The number of unbranched alkanes of at least 4 members (excludes halogenated alkanes) is 4. The van der Waals surface area contributed by atoms with E-state index in [1.165, 1.54) is 38.5 Å². The summed E-state index contributed by atoms with van der Waals surface area (Å²) in [6.45, 7) is 5.83. The van der Waals surface area contributed by atoms with Crippen LogP contribution in [0, 0.1) is 0 Å². The number of hydrogen-bond acceptors (Lipinski definition) is 2. The zero-order valence-corrected chi connectivity index (χ0v) is 10.1. The Balaban J connectivity index is 3.06. The third-order valence-electron chi connectivity index (χ3n) is 2.40. The van der Waals surface area contributed by atoms with Crippen LogP contribution >= 0.6 is 0 Å². The molecule has 86 valence electrons. The smallest absolute Gasteiger partial charge is 0.0703 e. The second-order valence-electron chi connectivity index (χ2n) is 3.88. The Kier molecular flexibility index (Phi) is 10.9. The molecule has 0 bridgehead atoms. The van der Waals surface area contributed by atoms with Gasteiger partial charge in [0.15, 0.2) is 0 Å². The number of rotatable bonds is 10. The molecule has 0 spiro atoms. The molecule has 1 atom stereocenters. The van der Waals surface area contributed by atoms with E-state index in [1.807, 2.05) is 0 Å². The van der Waals surface area contributed by atoms with Crippen molar-refractivity contribution in [2.45, 2.75) is 58.5 Å². The van der Waals surface area contributed by atoms with E-state index in [0.717, 1.165) is 6.61 Å². The average Bonchev–Trinajstić information content (AvgIpc) is 2.18. The Bertz CT molecular complexity index is 104. The van der Waals surface area contributed by atoms with E-state index in [1.54, 1.807) is 7.11 Å². The Hall–Kier alpha value is -0.0800. The monoisotopic (exact) mass is 202 g/mol. The first-order valence-electron chi connectivity index (χ1n) is 5.91. The Morgan fingerprint density at radius 3 is 2.36 bits per heavy atom. The minimum absolute atomic E-state index is 0.395. The predicted molar refractivity (Wildman–Crippen MR) is 60.7 cm³/mol. The lowest BCUT2D eigenvalue weighted by Gasteiger charge is -2.12. The molecule has 0 rings (SSSR count). The maximum atomic E-state index is 5.56. The number of ether oxygens (including phenoxy) is 2. The lowest BCUT2D eigenvalue weighted by atomic mass is 10.1. The predicted octanol–water partition coefficient (Wildman–Crippen LogP) is 3.40. The van der Waals surface area contributed by atoms with E-state index in [4.69, 9.17) is 9.47 Å². The molecule has 0 aromatic carbocycles. The standard InChI is InChI=1S/C12H26O2/c1-4-5-6-7-8-9-12(2)14-11-10-13-3/h12H,4-11H2,1-3H3. The SMILES string of the molecule is CCCCCCCC(C)OCCOC. The summed E-state index contributed by atoms with van der Waals surface area (Å²) >= 11 is 0.